The van der Waals surface area contributed by atoms with E-state index in [1.807, 2.05) is 52.8 Å². The Balaban J connectivity index is 1.93. The SMILES string of the molecule is CC1C(=O)Nc2ccc(B3OC(C)(C)C(C)(C)O3)cc21. The highest BCUT2D eigenvalue weighted by Crippen LogP contribution is 2.37. The van der Waals surface area contributed by atoms with Crippen molar-refractivity contribution in [3.05, 3.63) is 23.8 Å². The van der Waals surface area contributed by atoms with Crippen LogP contribution in [0.1, 0.15) is 46.1 Å². The summed E-state index contributed by atoms with van der Waals surface area (Å²) in [6, 6.07) is 5.90. The van der Waals surface area contributed by atoms with Crippen LogP contribution < -0.4 is 10.8 Å². The van der Waals surface area contributed by atoms with Gasteiger partial charge in [-0.2, -0.15) is 0 Å². The molecule has 0 radical (unpaired) electrons. The highest BCUT2D eigenvalue weighted by molar-refractivity contribution is 6.62. The fourth-order valence-electron chi connectivity index (χ4n) is 2.56. The van der Waals surface area contributed by atoms with E-state index in [1.54, 1.807) is 0 Å². The summed E-state index contributed by atoms with van der Waals surface area (Å²) in [4.78, 5) is 11.7. The Morgan fingerprint density at radius 2 is 1.75 bits per heavy atom. The Labute approximate surface area is 120 Å². The number of rotatable bonds is 1. The monoisotopic (exact) mass is 273 g/mol. The van der Waals surface area contributed by atoms with E-state index in [9.17, 15) is 4.79 Å². The number of hydrogen-bond acceptors (Lipinski definition) is 3. The van der Waals surface area contributed by atoms with Gasteiger partial charge >= 0.3 is 7.12 Å². The van der Waals surface area contributed by atoms with Gasteiger partial charge < -0.3 is 14.6 Å². The van der Waals surface area contributed by atoms with Crippen LogP contribution in [0.3, 0.4) is 0 Å². The second-order valence-electron chi connectivity index (χ2n) is 6.65. The number of carbonyl (C=O) groups is 1. The fraction of sp³-hybridized carbons (Fsp3) is 0.533. The van der Waals surface area contributed by atoms with Gasteiger partial charge in [-0.25, -0.2) is 0 Å². The minimum absolute atomic E-state index is 0.0473. The lowest BCUT2D eigenvalue weighted by Crippen LogP contribution is -2.41. The average molecular weight is 273 g/mol. The molecule has 1 atom stereocenters. The predicted octanol–water partition coefficient (Wildman–Crippen LogP) is 2.04. The van der Waals surface area contributed by atoms with Crippen molar-refractivity contribution >= 4 is 24.2 Å². The summed E-state index contributed by atoms with van der Waals surface area (Å²) >= 11 is 0. The molecule has 3 rings (SSSR count). The van der Waals surface area contributed by atoms with Gasteiger partial charge in [-0.3, -0.25) is 4.79 Å². The lowest BCUT2D eigenvalue weighted by atomic mass is 9.77. The Kier molecular flexibility index (Phi) is 2.79. The third-order valence-electron chi connectivity index (χ3n) is 4.72. The molecule has 2 heterocycles. The van der Waals surface area contributed by atoms with Crippen molar-refractivity contribution < 1.29 is 14.1 Å². The minimum Gasteiger partial charge on any atom is -0.399 e. The highest BCUT2D eigenvalue weighted by Gasteiger charge is 2.51. The fourth-order valence-corrected chi connectivity index (χ4v) is 2.56. The molecule has 1 N–H and O–H groups in total. The molecule has 1 amide bonds. The van der Waals surface area contributed by atoms with Gasteiger partial charge in [0.2, 0.25) is 5.91 Å². The summed E-state index contributed by atoms with van der Waals surface area (Å²) in [7, 11) is -0.381. The summed E-state index contributed by atoms with van der Waals surface area (Å²) in [5.41, 5.74) is 2.17. The molecule has 0 bridgehead atoms. The van der Waals surface area contributed by atoms with Gasteiger partial charge in [-0.1, -0.05) is 12.1 Å². The second kappa shape index (κ2) is 4.09. The molecule has 1 fully saturated rings. The first kappa shape index (κ1) is 13.6. The lowest BCUT2D eigenvalue weighted by Gasteiger charge is -2.32. The summed E-state index contributed by atoms with van der Waals surface area (Å²) in [5, 5.41) is 2.88. The van der Waals surface area contributed by atoms with Crippen LogP contribution in [0.2, 0.25) is 0 Å². The molecule has 0 aliphatic carbocycles. The molecule has 1 saturated heterocycles. The Morgan fingerprint density at radius 3 is 2.35 bits per heavy atom. The largest absolute Gasteiger partial charge is 0.494 e. The Morgan fingerprint density at radius 1 is 1.15 bits per heavy atom. The van der Waals surface area contributed by atoms with Crippen LogP contribution in [-0.2, 0) is 14.1 Å². The maximum atomic E-state index is 11.7. The predicted molar refractivity (Wildman–Crippen MR) is 79.2 cm³/mol. The molecule has 0 aromatic heterocycles. The zero-order chi connectivity index (χ0) is 14.7. The molecule has 106 valence electrons. The zero-order valence-electron chi connectivity index (χ0n) is 12.6. The van der Waals surface area contributed by atoms with Crippen LogP contribution in [0.5, 0.6) is 0 Å². The molecule has 2 aliphatic rings. The maximum Gasteiger partial charge on any atom is 0.494 e. The van der Waals surface area contributed by atoms with Gasteiger partial charge in [0.15, 0.2) is 0 Å². The summed E-state index contributed by atoms with van der Waals surface area (Å²) in [6.07, 6.45) is 0. The van der Waals surface area contributed by atoms with E-state index in [0.29, 0.717) is 0 Å². The number of anilines is 1. The van der Waals surface area contributed by atoms with Crippen LogP contribution >= 0.6 is 0 Å². The molecule has 1 aromatic rings. The third-order valence-corrected chi connectivity index (χ3v) is 4.72. The standard InChI is InChI=1S/C15H20BNO3/c1-9-11-8-10(6-7-12(11)17-13(9)18)16-19-14(2,3)15(4,5)20-16/h6-9H,1-5H3,(H,17,18). The molecular formula is C15H20BNO3. The van der Waals surface area contributed by atoms with E-state index in [2.05, 4.69) is 5.32 Å². The van der Waals surface area contributed by atoms with Gasteiger partial charge in [0.25, 0.3) is 0 Å². The number of nitrogens with one attached hydrogen (secondary N) is 1. The minimum atomic E-state index is -0.381. The van der Waals surface area contributed by atoms with Crippen LogP contribution in [0.4, 0.5) is 5.69 Å². The molecule has 4 nitrogen and oxygen atoms in total. The number of amides is 1. The molecule has 0 saturated carbocycles. The lowest BCUT2D eigenvalue weighted by molar-refractivity contribution is -0.116. The van der Waals surface area contributed by atoms with Crippen molar-refractivity contribution in [1.82, 2.24) is 0 Å². The van der Waals surface area contributed by atoms with Crippen LogP contribution in [-0.4, -0.2) is 24.2 Å². The van der Waals surface area contributed by atoms with E-state index >= 15 is 0 Å². The summed E-state index contributed by atoms with van der Waals surface area (Å²) in [6.45, 7) is 10.1. The number of fused-ring (bicyclic) bond motifs is 1. The topological polar surface area (TPSA) is 47.6 Å². The molecular weight excluding hydrogens is 253 g/mol. The quantitative estimate of drug-likeness (QED) is 0.796. The number of carbonyl (C=O) groups excluding carboxylic acids is 1. The average Bonchev–Trinajstić information content (AvgIpc) is 2.74. The molecule has 2 aliphatic heterocycles. The van der Waals surface area contributed by atoms with E-state index in [4.69, 9.17) is 9.31 Å². The summed E-state index contributed by atoms with van der Waals surface area (Å²) < 4.78 is 12.1. The van der Waals surface area contributed by atoms with Gasteiger partial charge in [-0.15, -0.1) is 0 Å². The van der Waals surface area contributed by atoms with E-state index in [0.717, 1.165) is 16.7 Å². The smallest absolute Gasteiger partial charge is 0.399 e. The van der Waals surface area contributed by atoms with Crippen LogP contribution in [0, 0.1) is 0 Å². The third kappa shape index (κ3) is 1.88. The van der Waals surface area contributed by atoms with E-state index < -0.39 is 0 Å². The maximum absolute atomic E-state index is 11.7. The zero-order valence-corrected chi connectivity index (χ0v) is 12.6. The van der Waals surface area contributed by atoms with Crippen molar-refractivity contribution in [3.63, 3.8) is 0 Å². The summed E-state index contributed by atoms with van der Waals surface area (Å²) in [5.74, 6) is -0.0709. The normalized spacial score (nSPS) is 26.6. The van der Waals surface area contributed by atoms with Gasteiger partial charge in [0.05, 0.1) is 17.1 Å². The molecule has 20 heavy (non-hydrogen) atoms. The second-order valence-corrected chi connectivity index (χ2v) is 6.65. The van der Waals surface area contributed by atoms with Crippen molar-refractivity contribution in [2.45, 2.75) is 51.7 Å². The van der Waals surface area contributed by atoms with E-state index in [-0.39, 0.29) is 30.1 Å². The van der Waals surface area contributed by atoms with Crippen molar-refractivity contribution in [3.8, 4) is 0 Å². The Bertz CT molecular complexity index is 566. The first-order chi connectivity index (χ1) is 9.21. The van der Waals surface area contributed by atoms with Crippen molar-refractivity contribution in [2.24, 2.45) is 0 Å². The Hall–Kier alpha value is -1.33. The first-order valence-corrected chi connectivity index (χ1v) is 7.02. The molecule has 1 unspecified atom stereocenters. The van der Waals surface area contributed by atoms with Gasteiger partial charge in [0.1, 0.15) is 0 Å². The highest BCUT2D eigenvalue weighted by atomic mass is 16.7. The molecule has 0 spiro atoms. The van der Waals surface area contributed by atoms with Crippen LogP contribution in [0.25, 0.3) is 0 Å². The van der Waals surface area contributed by atoms with Crippen LogP contribution in [0.15, 0.2) is 18.2 Å². The van der Waals surface area contributed by atoms with Crippen molar-refractivity contribution in [1.29, 1.82) is 0 Å². The number of hydrogen-bond donors (Lipinski definition) is 1. The first-order valence-electron chi connectivity index (χ1n) is 7.02. The van der Waals surface area contributed by atoms with E-state index in [1.165, 1.54) is 0 Å². The number of benzene rings is 1. The van der Waals surface area contributed by atoms with Gasteiger partial charge in [0, 0.05) is 5.69 Å². The molecule has 5 heteroatoms. The van der Waals surface area contributed by atoms with Crippen molar-refractivity contribution in [2.75, 3.05) is 5.32 Å². The van der Waals surface area contributed by atoms with Gasteiger partial charge in [-0.05, 0) is 51.7 Å². The molecule has 1 aromatic carbocycles.